The molecule has 0 radical (unpaired) electrons. The summed E-state index contributed by atoms with van der Waals surface area (Å²) in [7, 11) is 1.52. The van der Waals surface area contributed by atoms with Gasteiger partial charge in [-0.1, -0.05) is 13.8 Å². The molecule has 1 aliphatic carbocycles. The second kappa shape index (κ2) is 8.99. The second-order valence-electron chi connectivity index (χ2n) is 6.58. The lowest BCUT2D eigenvalue weighted by Gasteiger charge is -2.16. The summed E-state index contributed by atoms with van der Waals surface area (Å²) in [5.41, 5.74) is 1.23. The number of hydrogen-bond donors (Lipinski definition) is 1. The lowest BCUT2D eigenvalue weighted by molar-refractivity contribution is -0.137. The number of amides is 2. The van der Waals surface area contributed by atoms with Crippen LogP contribution in [0.15, 0.2) is 6.07 Å². The first kappa shape index (κ1) is 19.4. The van der Waals surface area contributed by atoms with Gasteiger partial charge in [0.15, 0.2) is 6.61 Å². The molecule has 6 nitrogen and oxygen atoms in total. The van der Waals surface area contributed by atoms with Crippen molar-refractivity contribution in [3.63, 3.8) is 0 Å². The number of fused-ring (bicyclic) bond motifs is 1. The standard InChI is InChI=1S/C18H26N2O4S/c1-4-7-19-16(21)10-20(3)17(22)11-24-18(23)15-9-13-8-12(2)5-6-14(13)25-15/h9,12H,4-8,10-11H2,1-3H3,(H,19,21)/t12-/m1/s1. The Morgan fingerprint density at radius 3 is 2.88 bits per heavy atom. The topological polar surface area (TPSA) is 75.7 Å². The Kier molecular flexibility index (Phi) is 6.99. The fraction of sp³-hybridized carbons (Fsp3) is 0.611. The molecular formula is C18H26N2O4S. The minimum atomic E-state index is -0.468. The molecule has 138 valence electrons. The Hall–Kier alpha value is -1.89. The highest BCUT2D eigenvalue weighted by Gasteiger charge is 2.22. The molecule has 0 aromatic carbocycles. The SMILES string of the molecule is CCCNC(=O)CN(C)C(=O)COC(=O)c1cc2c(s1)CC[C@@H](C)C2. The third-order valence-electron chi connectivity index (χ3n) is 4.24. The van der Waals surface area contributed by atoms with Gasteiger partial charge in [-0.3, -0.25) is 9.59 Å². The zero-order valence-electron chi connectivity index (χ0n) is 15.1. The van der Waals surface area contributed by atoms with Gasteiger partial charge in [0.2, 0.25) is 5.91 Å². The number of esters is 1. The Balaban J connectivity index is 1.81. The number of likely N-dealkylation sites (N-methyl/N-ethyl adjacent to an activating group) is 1. The number of nitrogens with one attached hydrogen (secondary N) is 1. The van der Waals surface area contributed by atoms with Crippen LogP contribution >= 0.6 is 11.3 Å². The van der Waals surface area contributed by atoms with Crippen LogP contribution in [-0.4, -0.2) is 49.4 Å². The van der Waals surface area contributed by atoms with E-state index in [0.29, 0.717) is 17.3 Å². The van der Waals surface area contributed by atoms with Gasteiger partial charge in [0, 0.05) is 18.5 Å². The highest BCUT2D eigenvalue weighted by atomic mass is 32.1. The van der Waals surface area contributed by atoms with Gasteiger partial charge in [-0.15, -0.1) is 11.3 Å². The molecule has 7 heteroatoms. The molecule has 0 saturated carbocycles. The number of ether oxygens (including phenoxy) is 1. The van der Waals surface area contributed by atoms with Crippen molar-refractivity contribution in [3.8, 4) is 0 Å². The molecule has 0 bridgehead atoms. The maximum atomic E-state index is 12.2. The van der Waals surface area contributed by atoms with Crippen LogP contribution in [0.1, 0.15) is 46.8 Å². The van der Waals surface area contributed by atoms with Gasteiger partial charge in [0.05, 0.1) is 6.54 Å². The molecule has 0 unspecified atom stereocenters. The third kappa shape index (κ3) is 5.56. The fourth-order valence-electron chi connectivity index (χ4n) is 2.74. The van der Waals surface area contributed by atoms with Crippen LogP contribution in [0.5, 0.6) is 0 Å². The molecule has 0 aliphatic heterocycles. The van der Waals surface area contributed by atoms with Gasteiger partial charge < -0.3 is 15.0 Å². The van der Waals surface area contributed by atoms with E-state index in [1.165, 1.54) is 33.7 Å². The molecule has 1 N–H and O–H groups in total. The first-order chi connectivity index (χ1) is 11.9. The van der Waals surface area contributed by atoms with E-state index in [2.05, 4.69) is 12.2 Å². The molecule has 0 fully saturated rings. The summed E-state index contributed by atoms with van der Waals surface area (Å²) in [6.07, 6.45) is 3.98. The molecule has 1 aliphatic rings. The van der Waals surface area contributed by atoms with Crippen LogP contribution in [0.25, 0.3) is 0 Å². The smallest absolute Gasteiger partial charge is 0.348 e. The Bertz CT molecular complexity index is 641. The van der Waals surface area contributed by atoms with Crippen LogP contribution in [0.2, 0.25) is 0 Å². The lowest BCUT2D eigenvalue weighted by atomic mass is 9.90. The van der Waals surface area contributed by atoms with E-state index in [-0.39, 0.29) is 19.1 Å². The highest BCUT2D eigenvalue weighted by molar-refractivity contribution is 7.14. The first-order valence-corrected chi connectivity index (χ1v) is 9.51. The van der Waals surface area contributed by atoms with Crippen molar-refractivity contribution in [2.45, 2.75) is 39.5 Å². The quantitative estimate of drug-likeness (QED) is 0.749. The average Bonchev–Trinajstić information content (AvgIpc) is 3.00. The van der Waals surface area contributed by atoms with E-state index in [9.17, 15) is 14.4 Å². The Morgan fingerprint density at radius 1 is 1.40 bits per heavy atom. The van der Waals surface area contributed by atoms with Crippen molar-refractivity contribution in [2.75, 3.05) is 26.7 Å². The normalized spacial score (nSPS) is 16.0. The van der Waals surface area contributed by atoms with Crippen molar-refractivity contribution < 1.29 is 19.1 Å². The number of thiophene rings is 1. The van der Waals surface area contributed by atoms with Crippen LogP contribution in [-0.2, 0) is 27.2 Å². The summed E-state index contributed by atoms with van der Waals surface area (Å²) >= 11 is 1.46. The van der Waals surface area contributed by atoms with E-state index in [1.807, 2.05) is 13.0 Å². The fourth-order valence-corrected chi connectivity index (χ4v) is 3.84. The predicted molar refractivity (Wildman–Crippen MR) is 96.7 cm³/mol. The molecule has 1 aromatic rings. The van der Waals surface area contributed by atoms with Crippen molar-refractivity contribution in [3.05, 3.63) is 21.4 Å². The molecular weight excluding hydrogens is 340 g/mol. The summed E-state index contributed by atoms with van der Waals surface area (Å²) < 4.78 is 5.13. The molecule has 1 heterocycles. The number of carbonyl (C=O) groups excluding carboxylic acids is 3. The predicted octanol–water partition coefficient (Wildman–Crippen LogP) is 2.01. The summed E-state index contributed by atoms with van der Waals surface area (Å²) in [6.45, 7) is 4.36. The molecule has 2 rings (SSSR count). The molecule has 25 heavy (non-hydrogen) atoms. The van der Waals surface area contributed by atoms with Gasteiger partial charge in [-0.05, 0) is 43.2 Å². The summed E-state index contributed by atoms with van der Waals surface area (Å²) in [6, 6.07) is 1.89. The Labute approximate surface area is 152 Å². The summed E-state index contributed by atoms with van der Waals surface area (Å²) in [5, 5.41) is 2.70. The van der Waals surface area contributed by atoms with E-state index in [1.54, 1.807) is 0 Å². The monoisotopic (exact) mass is 366 g/mol. The lowest BCUT2D eigenvalue weighted by Crippen LogP contribution is -2.40. The van der Waals surface area contributed by atoms with Crippen molar-refractivity contribution in [2.24, 2.45) is 5.92 Å². The number of aryl methyl sites for hydroxylation is 1. The molecule has 1 atom stereocenters. The van der Waals surface area contributed by atoms with Crippen LogP contribution < -0.4 is 5.32 Å². The molecule has 0 saturated heterocycles. The van der Waals surface area contributed by atoms with Crippen molar-refractivity contribution in [1.29, 1.82) is 0 Å². The second-order valence-corrected chi connectivity index (χ2v) is 7.72. The number of rotatable bonds is 7. The van der Waals surface area contributed by atoms with E-state index in [4.69, 9.17) is 4.74 Å². The minimum absolute atomic E-state index is 0.0401. The van der Waals surface area contributed by atoms with Crippen molar-refractivity contribution >= 4 is 29.1 Å². The number of nitrogens with zero attached hydrogens (tertiary/aromatic N) is 1. The molecule has 2 amide bonds. The van der Waals surface area contributed by atoms with Crippen LogP contribution in [0.4, 0.5) is 0 Å². The van der Waals surface area contributed by atoms with Gasteiger partial charge in [-0.25, -0.2) is 4.79 Å². The van der Waals surface area contributed by atoms with Crippen LogP contribution in [0.3, 0.4) is 0 Å². The summed E-state index contributed by atoms with van der Waals surface area (Å²) in [4.78, 5) is 38.8. The zero-order valence-corrected chi connectivity index (χ0v) is 15.9. The highest BCUT2D eigenvalue weighted by Crippen LogP contribution is 2.32. The van der Waals surface area contributed by atoms with E-state index < -0.39 is 11.9 Å². The van der Waals surface area contributed by atoms with Crippen molar-refractivity contribution in [1.82, 2.24) is 10.2 Å². The van der Waals surface area contributed by atoms with Gasteiger partial charge in [0.1, 0.15) is 4.88 Å². The van der Waals surface area contributed by atoms with E-state index >= 15 is 0 Å². The molecule has 0 spiro atoms. The Morgan fingerprint density at radius 2 is 2.16 bits per heavy atom. The minimum Gasteiger partial charge on any atom is -0.451 e. The zero-order chi connectivity index (χ0) is 18.4. The van der Waals surface area contributed by atoms with E-state index in [0.717, 1.165) is 25.7 Å². The van der Waals surface area contributed by atoms with Gasteiger partial charge in [0.25, 0.3) is 5.91 Å². The average molecular weight is 366 g/mol. The first-order valence-electron chi connectivity index (χ1n) is 8.70. The maximum Gasteiger partial charge on any atom is 0.348 e. The van der Waals surface area contributed by atoms with Gasteiger partial charge in [-0.2, -0.15) is 0 Å². The number of hydrogen-bond acceptors (Lipinski definition) is 5. The van der Waals surface area contributed by atoms with Gasteiger partial charge >= 0.3 is 5.97 Å². The largest absolute Gasteiger partial charge is 0.451 e. The summed E-state index contributed by atoms with van der Waals surface area (Å²) in [5.74, 6) is -0.441. The maximum absolute atomic E-state index is 12.2. The molecule has 1 aromatic heterocycles. The number of carbonyl (C=O) groups is 3. The van der Waals surface area contributed by atoms with Crippen LogP contribution in [0, 0.1) is 5.92 Å². The third-order valence-corrected chi connectivity index (χ3v) is 5.45.